The number of carbonyl (C=O) groups excluding carboxylic acids is 2. The van der Waals surface area contributed by atoms with Crippen LogP contribution in [-0.4, -0.2) is 25.0 Å². The Labute approximate surface area is 123 Å². The highest BCUT2D eigenvalue weighted by Gasteiger charge is 2.15. The summed E-state index contributed by atoms with van der Waals surface area (Å²) in [5.74, 6) is -0.784. The Balaban J connectivity index is 2.82. The number of methoxy groups -OCH3 is 1. The maximum Gasteiger partial charge on any atom is 0.339 e. The highest BCUT2D eigenvalue weighted by Crippen LogP contribution is 2.22. The van der Waals surface area contributed by atoms with Gasteiger partial charge in [-0.2, -0.15) is 0 Å². The molecule has 0 aromatic heterocycles. The average molecular weight is 299 g/mol. The SMILES string of the molecule is CCCC(N)CC(=O)Nc1cc(Cl)ccc1C(=O)OC. The molecule has 1 unspecified atom stereocenters. The van der Waals surface area contributed by atoms with Gasteiger partial charge in [-0.1, -0.05) is 24.9 Å². The van der Waals surface area contributed by atoms with Crippen LogP contribution in [0.5, 0.6) is 0 Å². The largest absolute Gasteiger partial charge is 0.465 e. The van der Waals surface area contributed by atoms with Crippen LogP contribution >= 0.6 is 11.6 Å². The van der Waals surface area contributed by atoms with Gasteiger partial charge in [-0.3, -0.25) is 4.79 Å². The summed E-state index contributed by atoms with van der Waals surface area (Å²) in [5.41, 5.74) is 6.40. The van der Waals surface area contributed by atoms with Crippen molar-refractivity contribution in [3.63, 3.8) is 0 Å². The van der Waals surface area contributed by atoms with E-state index in [-0.39, 0.29) is 23.9 Å². The fraction of sp³-hybridized carbons (Fsp3) is 0.429. The number of anilines is 1. The number of amides is 1. The van der Waals surface area contributed by atoms with E-state index in [0.717, 1.165) is 12.8 Å². The molecular formula is C14H19ClN2O3. The standard InChI is InChI=1S/C14H19ClN2O3/c1-3-4-10(16)8-13(18)17-12-7-9(15)5-6-11(12)14(19)20-2/h5-7,10H,3-4,8,16H2,1-2H3,(H,17,18). The van der Waals surface area contributed by atoms with Crippen molar-refractivity contribution in [3.8, 4) is 0 Å². The van der Waals surface area contributed by atoms with Gasteiger partial charge < -0.3 is 15.8 Å². The lowest BCUT2D eigenvalue weighted by atomic mass is 10.1. The first-order valence-corrected chi connectivity index (χ1v) is 6.79. The molecule has 0 saturated heterocycles. The second-order valence-corrected chi connectivity index (χ2v) is 4.92. The van der Waals surface area contributed by atoms with Crippen LogP contribution in [0, 0.1) is 0 Å². The first-order valence-electron chi connectivity index (χ1n) is 6.41. The van der Waals surface area contributed by atoms with E-state index < -0.39 is 5.97 Å². The van der Waals surface area contributed by atoms with Gasteiger partial charge in [-0.15, -0.1) is 0 Å². The second kappa shape index (κ2) is 7.87. The van der Waals surface area contributed by atoms with Crippen LogP contribution in [0.2, 0.25) is 5.02 Å². The van der Waals surface area contributed by atoms with Crippen LogP contribution in [0.3, 0.4) is 0 Å². The molecule has 0 fully saturated rings. The van der Waals surface area contributed by atoms with Crippen molar-refractivity contribution in [1.29, 1.82) is 0 Å². The normalized spacial score (nSPS) is 11.8. The summed E-state index contributed by atoms with van der Waals surface area (Å²) in [7, 11) is 1.28. The van der Waals surface area contributed by atoms with E-state index in [2.05, 4.69) is 10.1 Å². The first kappa shape index (κ1) is 16.5. The average Bonchev–Trinajstić information content (AvgIpc) is 2.38. The van der Waals surface area contributed by atoms with Crippen LogP contribution in [0.15, 0.2) is 18.2 Å². The molecule has 3 N–H and O–H groups in total. The third-order valence-corrected chi connectivity index (χ3v) is 3.00. The van der Waals surface area contributed by atoms with E-state index in [0.29, 0.717) is 10.7 Å². The topological polar surface area (TPSA) is 81.4 Å². The molecule has 110 valence electrons. The van der Waals surface area contributed by atoms with Gasteiger partial charge >= 0.3 is 5.97 Å². The summed E-state index contributed by atoms with van der Waals surface area (Å²) in [6, 6.07) is 4.39. The number of benzene rings is 1. The van der Waals surface area contributed by atoms with Gasteiger partial charge in [0, 0.05) is 17.5 Å². The Morgan fingerprint density at radius 1 is 1.45 bits per heavy atom. The monoisotopic (exact) mass is 298 g/mol. The molecule has 0 saturated carbocycles. The van der Waals surface area contributed by atoms with E-state index in [1.165, 1.54) is 19.2 Å². The summed E-state index contributed by atoms with van der Waals surface area (Å²) in [4.78, 5) is 23.5. The first-order chi connectivity index (χ1) is 9.47. The van der Waals surface area contributed by atoms with Gasteiger partial charge in [-0.25, -0.2) is 4.79 Å². The number of hydrogen-bond donors (Lipinski definition) is 2. The summed E-state index contributed by atoms with van der Waals surface area (Å²) in [6.45, 7) is 2.00. The molecule has 1 atom stereocenters. The molecule has 0 aliphatic heterocycles. The zero-order valence-electron chi connectivity index (χ0n) is 11.6. The van der Waals surface area contributed by atoms with Crippen LogP contribution in [-0.2, 0) is 9.53 Å². The molecule has 0 bridgehead atoms. The van der Waals surface area contributed by atoms with Crippen LogP contribution in [0.25, 0.3) is 0 Å². The van der Waals surface area contributed by atoms with Crippen molar-refractivity contribution in [1.82, 2.24) is 0 Å². The van der Waals surface area contributed by atoms with Crippen molar-refractivity contribution < 1.29 is 14.3 Å². The van der Waals surface area contributed by atoms with Crippen molar-refractivity contribution in [2.45, 2.75) is 32.2 Å². The molecule has 20 heavy (non-hydrogen) atoms. The third-order valence-electron chi connectivity index (χ3n) is 2.77. The molecule has 6 heteroatoms. The van der Waals surface area contributed by atoms with Crippen molar-refractivity contribution in [2.24, 2.45) is 5.73 Å². The van der Waals surface area contributed by atoms with Crippen molar-refractivity contribution in [2.75, 3.05) is 12.4 Å². The fourth-order valence-corrected chi connectivity index (χ4v) is 1.99. The summed E-state index contributed by atoms with van der Waals surface area (Å²) >= 11 is 5.88. The van der Waals surface area contributed by atoms with Gasteiger partial charge in [0.2, 0.25) is 5.91 Å². The lowest BCUT2D eigenvalue weighted by Crippen LogP contribution is -2.27. The molecule has 1 aromatic rings. The second-order valence-electron chi connectivity index (χ2n) is 4.48. The van der Waals surface area contributed by atoms with E-state index in [9.17, 15) is 9.59 Å². The zero-order valence-corrected chi connectivity index (χ0v) is 12.4. The molecule has 0 aliphatic carbocycles. The Bertz CT molecular complexity index is 491. The van der Waals surface area contributed by atoms with Crippen LogP contribution in [0.4, 0.5) is 5.69 Å². The van der Waals surface area contributed by atoms with Crippen molar-refractivity contribution in [3.05, 3.63) is 28.8 Å². The molecule has 1 amide bonds. The van der Waals surface area contributed by atoms with Gasteiger partial charge in [0.15, 0.2) is 0 Å². The Morgan fingerprint density at radius 3 is 2.75 bits per heavy atom. The summed E-state index contributed by atoms with van der Waals surface area (Å²) in [6.07, 6.45) is 1.88. The number of esters is 1. The minimum absolute atomic E-state index is 0.194. The molecule has 0 heterocycles. The Hall–Kier alpha value is -1.59. The van der Waals surface area contributed by atoms with Gasteiger partial charge in [0.05, 0.1) is 18.4 Å². The maximum absolute atomic E-state index is 11.9. The quantitative estimate of drug-likeness (QED) is 0.791. The Morgan fingerprint density at radius 2 is 2.15 bits per heavy atom. The van der Waals surface area contributed by atoms with Gasteiger partial charge in [0.25, 0.3) is 0 Å². The molecule has 1 rings (SSSR count). The number of hydrogen-bond acceptors (Lipinski definition) is 4. The minimum atomic E-state index is -0.533. The van der Waals surface area contributed by atoms with Crippen LogP contribution in [0.1, 0.15) is 36.5 Å². The number of carbonyl (C=O) groups is 2. The third kappa shape index (κ3) is 4.83. The van der Waals surface area contributed by atoms with E-state index >= 15 is 0 Å². The summed E-state index contributed by atoms with van der Waals surface area (Å²) in [5, 5.41) is 3.07. The smallest absolute Gasteiger partial charge is 0.339 e. The molecular weight excluding hydrogens is 280 g/mol. The predicted molar refractivity (Wildman–Crippen MR) is 78.9 cm³/mol. The Kier molecular flexibility index (Phi) is 6.48. The zero-order chi connectivity index (χ0) is 15.1. The predicted octanol–water partition coefficient (Wildman–Crippen LogP) is 2.58. The number of rotatable bonds is 6. The lowest BCUT2D eigenvalue weighted by Gasteiger charge is -2.13. The van der Waals surface area contributed by atoms with E-state index in [1.807, 2.05) is 6.92 Å². The van der Waals surface area contributed by atoms with E-state index in [4.69, 9.17) is 17.3 Å². The number of halogens is 1. The highest BCUT2D eigenvalue weighted by molar-refractivity contribution is 6.31. The number of nitrogens with one attached hydrogen (secondary N) is 1. The molecule has 0 spiro atoms. The highest BCUT2D eigenvalue weighted by atomic mass is 35.5. The van der Waals surface area contributed by atoms with Gasteiger partial charge in [0.1, 0.15) is 0 Å². The maximum atomic E-state index is 11.9. The van der Waals surface area contributed by atoms with E-state index in [1.54, 1.807) is 6.07 Å². The molecule has 5 nitrogen and oxygen atoms in total. The molecule has 0 radical (unpaired) electrons. The minimum Gasteiger partial charge on any atom is -0.465 e. The molecule has 0 aliphatic rings. The van der Waals surface area contributed by atoms with Crippen LogP contribution < -0.4 is 11.1 Å². The lowest BCUT2D eigenvalue weighted by molar-refractivity contribution is -0.116. The van der Waals surface area contributed by atoms with Gasteiger partial charge in [-0.05, 0) is 24.6 Å². The summed E-state index contributed by atoms with van der Waals surface area (Å²) < 4.78 is 4.66. The number of nitrogens with two attached hydrogens (primary N) is 1. The fourth-order valence-electron chi connectivity index (χ4n) is 1.82. The van der Waals surface area contributed by atoms with Crippen molar-refractivity contribution >= 4 is 29.2 Å². The molecule has 1 aromatic carbocycles. The number of ether oxygens (including phenoxy) is 1.